The summed E-state index contributed by atoms with van der Waals surface area (Å²) < 4.78 is 1.55. The van der Waals surface area contributed by atoms with Crippen LogP contribution in [0.1, 0.15) is 32.2 Å². The monoisotopic (exact) mass is 198 g/mol. The van der Waals surface area contributed by atoms with Crippen molar-refractivity contribution in [3.8, 4) is 0 Å². The Morgan fingerprint density at radius 1 is 1.57 bits per heavy atom. The van der Waals surface area contributed by atoms with Crippen molar-refractivity contribution < 1.29 is 5.11 Å². The molecule has 1 heterocycles. The molecule has 1 aromatic heterocycles. The van der Waals surface area contributed by atoms with Gasteiger partial charge in [-0.1, -0.05) is 13.8 Å². The Balaban J connectivity index is 2.65. The number of aromatic nitrogens is 3. The summed E-state index contributed by atoms with van der Waals surface area (Å²) in [5.41, 5.74) is 5.85. The molecule has 0 bridgehead atoms. The number of rotatable bonds is 4. The topological polar surface area (TPSA) is 77.0 Å². The highest BCUT2D eigenvalue weighted by molar-refractivity contribution is 4.94. The Bertz CT molecular complexity index is 284. The van der Waals surface area contributed by atoms with Crippen LogP contribution in [-0.2, 0) is 7.05 Å². The summed E-state index contributed by atoms with van der Waals surface area (Å²) in [5.74, 6) is 0.992. The highest BCUT2D eigenvalue weighted by Crippen LogP contribution is 2.17. The summed E-state index contributed by atoms with van der Waals surface area (Å²) in [7, 11) is 1.74. The minimum absolute atomic E-state index is 0.280. The summed E-state index contributed by atoms with van der Waals surface area (Å²) in [6, 6.07) is -0.280. The van der Waals surface area contributed by atoms with Crippen molar-refractivity contribution in [2.24, 2.45) is 18.7 Å². The first-order valence-electron chi connectivity index (χ1n) is 4.80. The van der Waals surface area contributed by atoms with Gasteiger partial charge in [-0.15, -0.1) is 0 Å². The largest absolute Gasteiger partial charge is 0.383 e. The molecular weight excluding hydrogens is 180 g/mol. The summed E-state index contributed by atoms with van der Waals surface area (Å²) in [6.45, 7) is 4.15. The molecule has 0 radical (unpaired) electrons. The van der Waals surface area contributed by atoms with Crippen LogP contribution in [0.15, 0.2) is 6.33 Å². The number of aliphatic hydroxyl groups excluding tert-OH is 1. The number of nitrogens with two attached hydrogens (primary N) is 1. The van der Waals surface area contributed by atoms with Gasteiger partial charge in [0.05, 0.1) is 0 Å². The highest BCUT2D eigenvalue weighted by Gasteiger charge is 2.21. The Hall–Kier alpha value is -0.940. The lowest BCUT2D eigenvalue weighted by molar-refractivity contribution is 0.123. The minimum Gasteiger partial charge on any atom is -0.383 e. The van der Waals surface area contributed by atoms with Crippen LogP contribution in [0.2, 0.25) is 0 Å². The fourth-order valence-electron chi connectivity index (χ4n) is 1.44. The number of hydrogen-bond acceptors (Lipinski definition) is 4. The van der Waals surface area contributed by atoms with Gasteiger partial charge < -0.3 is 10.8 Å². The first-order chi connectivity index (χ1) is 6.52. The summed E-state index contributed by atoms with van der Waals surface area (Å²) in [6.07, 6.45) is 1.46. The van der Waals surface area contributed by atoms with E-state index in [9.17, 15) is 5.11 Å². The first kappa shape index (κ1) is 11.1. The van der Waals surface area contributed by atoms with Crippen LogP contribution in [0.4, 0.5) is 0 Å². The van der Waals surface area contributed by atoms with Crippen molar-refractivity contribution in [1.82, 2.24) is 14.8 Å². The number of nitrogens with zero attached hydrogens (tertiary/aromatic N) is 3. The van der Waals surface area contributed by atoms with Crippen LogP contribution < -0.4 is 5.73 Å². The van der Waals surface area contributed by atoms with Crippen molar-refractivity contribution in [2.75, 3.05) is 0 Å². The molecule has 0 aliphatic heterocycles. The van der Waals surface area contributed by atoms with Crippen molar-refractivity contribution in [3.63, 3.8) is 0 Å². The highest BCUT2D eigenvalue weighted by atomic mass is 16.3. The van der Waals surface area contributed by atoms with E-state index in [1.54, 1.807) is 11.7 Å². The Labute approximate surface area is 83.9 Å². The van der Waals surface area contributed by atoms with E-state index in [0.29, 0.717) is 11.7 Å². The molecule has 0 spiro atoms. The third-order valence-corrected chi connectivity index (χ3v) is 2.16. The maximum atomic E-state index is 9.86. The van der Waals surface area contributed by atoms with Crippen LogP contribution in [-0.4, -0.2) is 25.9 Å². The van der Waals surface area contributed by atoms with Gasteiger partial charge in [-0.2, -0.15) is 5.10 Å². The molecular formula is C9H18N4O. The average Bonchev–Trinajstić information content (AvgIpc) is 2.48. The van der Waals surface area contributed by atoms with Crippen molar-refractivity contribution in [2.45, 2.75) is 32.4 Å². The van der Waals surface area contributed by atoms with Crippen molar-refractivity contribution in [3.05, 3.63) is 12.2 Å². The third-order valence-electron chi connectivity index (χ3n) is 2.16. The second kappa shape index (κ2) is 4.52. The lowest BCUT2D eigenvalue weighted by Crippen LogP contribution is -2.31. The second-order valence-electron chi connectivity index (χ2n) is 3.98. The predicted octanol–water partition coefficient (Wildman–Crippen LogP) is 0.222. The van der Waals surface area contributed by atoms with E-state index >= 15 is 0 Å². The van der Waals surface area contributed by atoms with Crippen LogP contribution in [0.25, 0.3) is 0 Å². The molecule has 1 rings (SSSR count). The van der Waals surface area contributed by atoms with E-state index in [-0.39, 0.29) is 6.04 Å². The van der Waals surface area contributed by atoms with Gasteiger partial charge in [-0.05, 0) is 12.3 Å². The minimum atomic E-state index is -0.732. The molecule has 5 nitrogen and oxygen atoms in total. The number of aliphatic hydroxyl groups is 1. The zero-order chi connectivity index (χ0) is 10.7. The van der Waals surface area contributed by atoms with Gasteiger partial charge in [-0.3, -0.25) is 4.68 Å². The first-order valence-corrected chi connectivity index (χ1v) is 4.80. The molecule has 80 valence electrons. The fraction of sp³-hybridized carbons (Fsp3) is 0.778. The molecule has 2 atom stereocenters. The van der Waals surface area contributed by atoms with E-state index in [0.717, 1.165) is 6.42 Å². The lowest BCUT2D eigenvalue weighted by Gasteiger charge is -2.19. The molecule has 0 aliphatic carbocycles. The Morgan fingerprint density at radius 2 is 2.21 bits per heavy atom. The van der Waals surface area contributed by atoms with Gasteiger partial charge in [0.25, 0.3) is 0 Å². The fourth-order valence-corrected chi connectivity index (χ4v) is 1.44. The molecule has 0 unspecified atom stereocenters. The van der Waals surface area contributed by atoms with Crippen LogP contribution >= 0.6 is 0 Å². The van der Waals surface area contributed by atoms with Crippen LogP contribution in [0, 0.1) is 5.92 Å². The van der Waals surface area contributed by atoms with E-state index in [4.69, 9.17) is 5.73 Å². The average molecular weight is 198 g/mol. The molecule has 0 saturated carbocycles. The standard InChI is InChI=1S/C9H18N4O/c1-6(2)4-7(10)8(14)9-11-5-12-13(9)3/h5-8,14H,4,10H2,1-3H3/t7-,8-/m0/s1. The number of hydrogen-bond donors (Lipinski definition) is 2. The molecule has 0 aromatic carbocycles. The zero-order valence-corrected chi connectivity index (χ0v) is 8.88. The van der Waals surface area contributed by atoms with Crippen molar-refractivity contribution in [1.29, 1.82) is 0 Å². The maximum Gasteiger partial charge on any atom is 0.157 e. The van der Waals surface area contributed by atoms with E-state index in [1.807, 2.05) is 0 Å². The molecule has 1 aromatic rings. The summed E-state index contributed by atoms with van der Waals surface area (Å²) >= 11 is 0. The zero-order valence-electron chi connectivity index (χ0n) is 8.88. The van der Waals surface area contributed by atoms with Crippen molar-refractivity contribution >= 4 is 0 Å². The van der Waals surface area contributed by atoms with E-state index in [1.165, 1.54) is 6.33 Å². The number of aryl methyl sites for hydroxylation is 1. The SMILES string of the molecule is CC(C)C[C@H](N)[C@H](O)c1ncnn1C. The molecule has 0 saturated heterocycles. The lowest BCUT2D eigenvalue weighted by atomic mass is 10.00. The van der Waals surface area contributed by atoms with Crippen LogP contribution in [0.3, 0.4) is 0 Å². The van der Waals surface area contributed by atoms with Gasteiger partial charge in [0.2, 0.25) is 0 Å². The third kappa shape index (κ3) is 2.52. The molecule has 0 fully saturated rings. The van der Waals surface area contributed by atoms with E-state index < -0.39 is 6.10 Å². The Kier molecular flexibility index (Phi) is 3.60. The summed E-state index contributed by atoms with van der Waals surface area (Å²) in [4.78, 5) is 3.97. The molecule has 5 heteroatoms. The quantitative estimate of drug-likeness (QED) is 0.725. The molecule has 0 amide bonds. The molecule has 0 aliphatic rings. The van der Waals surface area contributed by atoms with Gasteiger partial charge >= 0.3 is 0 Å². The van der Waals surface area contributed by atoms with E-state index in [2.05, 4.69) is 23.9 Å². The smallest absolute Gasteiger partial charge is 0.157 e. The molecule has 14 heavy (non-hydrogen) atoms. The Morgan fingerprint density at radius 3 is 2.64 bits per heavy atom. The second-order valence-corrected chi connectivity index (χ2v) is 3.98. The van der Waals surface area contributed by atoms with Gasteiger partial charge in [0.1, 0.15) is 12.4 Å². The van der Waals surface area contributed by atoms with Gasteiger partial charge in [0, 0.05) is 13.1 Å². The van der Waals surface area contributed by atoms with Crippen LogP contribution in [0.5, 0.6) is 0 Å². The van der Waals surface area contributed by atoms with Gasteiger partial charge in [0.15, 0.2) is 5.82 Å². The predicted molar refractivity (Wildman–Crippen MR) is 53.4 cm³/mol. The molecule has 3 N–H and O–H groups in total. The normalized spacial score (nSPS) is 15.9. The van der Waals surface area contributed by atoms with Gasteiger partial charge in [-0.25, -0.2) is 4.98 Å². The maximum absolute atomic E-state index is 9.86. The summed E-state index contributed by atoms with van der Waals surface area (Å²) in [5, 5.41) is 13.7.